The first kappa shape index (κ1) is 12.3. The summed E-state index contributed by atoms with van der Waals surface area (Å²) in [6, 6.07) is 0. The maximum absolute atomic E-state index is 11.0. The van der Waals surface area contributed by atoms with Crippen LogP contribution in [0, 0.1) is 5.92 Å². The standard InChI is InChI=1S/C8H15NO3S/c1-6(8(11)12)7(10)9-4-3-5-13-2/h6H,3-5H2,1-2H3,(H,9,10)(H,11,12). The van der Waals surface area contributed by atoms with Crippen molar-refractivity contribution >= 4 is 23.6 Å². The number of carbonyl (C=O) groups excluding carboxylic acids is 1. The molecule has 0 radical (unpaired) electrons. The average molecular weight is 205 g/mol. The van der Waals surface area contributed by atoms with Gasteiger partial charge in [-0.2, -0.15) is 11.8 Å². The zero-order valence-corrected chi connectivity index (χ0v) is 8.69. The van der Waals surface area contributed by atoms with Gasteiger partial charge in [0.2, 0.25) is 5.91 Å². The molecule has 0 saturated carbocycles. The van der Waals surface area contributed by atoms with Crippen molar-refractivity contribution in [3.8, 4) is 0 Å². The quantitative estimate of drug-likeness (QED) is 0.491. The molecule has 0 bridgehead atoms. The highest BCUT2D eigenvalue weighted by Gasteiger charge is 2.19. The normalized spacial score (nSPS) is 12.2. The lowest BCUT2D eigenvalue weighted by Gasteiger charge is -2.07. The summed E-state index contributed by atoms with van der Waals surface area (Å²) in [5, 5.41) is 11.1. The number of nitrogens with one attached hydrogen (secondary N) is 1. The van der Waals surface area contributed by atoms with E-state index in [2.05, 4.69) is 5.32 Å². The van der Waals surface area contributed by atoms with Crippen molar-refractivity contribution in [2.75, 3.05) is 18.6 Å². The molecule has 0 spiro atoms. The second-order valence-corrected chi connectivity index (χ2v) is 3.68. The van der Waals surface area contributed by atoms with Gasteiger partial charge in [-0.1, -0.05) is 0 Å². The Kier molecular flexibility index (Phi) is 6.40. The number of hydrogen-bond donors (Lipinski definition) is 2. The van der Waals surface area contributed by atoms with Crippen LogP contribution >= 0.6 is 11.8 Å². The van der Waals surface area contributed by atoms with Crippen molar-refractivity contribution in [3.63, 3.8) is 0 Å². The van der Waals surface area contributed by atoms with Gasteiger partial charge in [0.15, 0.2) is 0 Å². The summed E-state index contributed by atoms with van der Waals surface area (Å²) in [5.74, 6) is -1.47. The third kappa shape index (κ3) is 5.52. The molecule has 0 heterocycles. The molecule has 5 heteroatoms. The summed E-state index contributed by atoms with van der Waals surface area (Å²) in [6.45, 7) is 1.93. The van der Waals surface area contributed by atoms with Gasteiger partial charge in [-0.3, -0.25) is 9.59 Å². The summed E-state index contributed by atoms with van der Waals surface area (Å²) in [7, 11) is 0. The van der Waals surface area contributed by atoms with E-state index in [0.717, 1.165) is 12.2 Å². The van der Waals surface area contributed by atoms with Crippen LogP contribution in [0.5, 0.6) is 0 Å². The fourth-order valence-electron chi connectivity index (χ4n) is 0.693. The molecule has 1 atom stereocenters. The van der Waals surface area contributed by atoms with E-state index >= 15 is 0 Å². The molecule has 1 amide bonds. The number of carbonyl (C=O) groups is 2. The van der Waals surface area contributed by atoms with Gasteiger partial charge in [-0.25, -0.2) is 0 Å². The largest absolute Gasteiger partial charge is 0.481 e. The average Bonchev–Trinajstić information content (AvgIpc) is 2.10. The van der Waals surface area contributed by atoms with Crippen LogP contribution in [-0.4, -0.2) is 35.5 Å². The van der Waals surface area contributed by atoms with E-state index in [0.29, 0.717) is 6.54 Å². The van der Waals surface area contributed by atoms with Gasteiger partial charge in [0, 0.05) is 6.54 Å². The Morgan fingerprint density at radius 2 is 2.15 bits per heavy atom. The van der Waals surface area contributed by atoms with Crippen LogP contribution in [0.4, 0.5) is 0 Å². The van der Waals surface area contributed by atoms with Gasteiger partial charge in [0.1, 0.15) is 5.92 Å². The second-order valence-electron chi connectivity index (χ2n) is 2.70. The zero-order valence-electron chi connectivity index (χ0n) is 7.87. The first-order valence-corrected chi connectivity index (χ1v) is 5.48. The molecule has 0 aliphatic heterocycles. The molecule has 4 nitrogen and oxygen atoms in total. The van der Waals surface area contributed by atoms with Crippen molar-refractivity contribution in [3.05, 3.63) is 0 Å². The van der Waals surface area contributed by atoms with Crippen molar-refractivity contribution < 1.29 is 14.7 Å². The maximum Gasteiger partial charge on any atom is 0.315 e. The van der Waals surface area contributed by atoms with Gasteiger partial charge >= 0.3 is 5.97 Å². The fraction of sp³-hybridized carbons (Fsp3) is 0.750. The predicted octanol–water partition coefficient (Wildman–Crippen LogP) is 0.576. The number of aliphatic carboxylic acids is 1. The summed E-state index contributed by atoms with van der Waals surface area (Å²) in [6.07, 6.45) is 2.86. The van der Waals surface area contributed by atoms with Crippen LogP contribution in [0.15, 0.2) is 0 Å². The number of carboxylic acids is 1. The molecule has 1 unspecified atom stereocenters. The number of rotatable bonds is 6. The van der Waals surface area contributed by atoms with Crippen molar-refractivity contribution in [1.82, 2.24) is 5.32 Å². The zero-order chi connectivity index (χ0) is 10.3. The molecule has 0 rings (SSSR count). The van der Waals surface area contributed by atoms with Crippen LogP contribution in [0.2, 0.25) is 0 Å². The monoisotopic (exact) mass is 205 g/mol. The number of amides is 1. The topological polar surface area (TPSA) is 66.4 Å². The van der Waals surface area contributed by atoms with Crippen LogP contribution in [0.25, 0.3) is 0 Å². The lowest BCUT2D eigenvalue weighted by atomic mass is 10.2. The summed E-state index contributed by atoms with van der Waals surface area (Å²) in [5.41, 5.74) is 0. The van der Waals surface area contributed by atoms with Crippen molar-refractivity contribution in [2.45, 2.75) is 13.3 Å². The molecule has 0 saturated heterocycles. The van der Waals surface area contributed by atoms with E-state index in [1.54, 1.807) is 11.8 Å². The SMILES string of the molecule is CSCCCNC(=O)C(C)C(=O)O. The van der Waals surface area contributed by atoms with E-state index in [1.165, 1.54) is 6.92 Å². The molecular formula is C8H15NO3S. The lowest BCUT2D eigenvalue weighted by Crippen LogP contribution is -2.34. The minimum atomic E-state index is -1.08. The first-order chi connectivity index (χ1) is 6.09. The molecule has 0 aromatic heterocycles. The van der Waals surface area contributed by atoms with Crippen LogP contribution in [-0.2, 0) is 9.59 Å². The highest BCUT2D eigenvalue weighted by molar-refractivity contribution is 7.98. The Labute approximate surface area is 82.1 Å². The number of thioether (sulfide) groups is 1. The Hall–Kier alpha value is -0.710. The van der Waals surface area contributed by atoms with Gasteiger partial charge < -0.3 is 10.4 Å². The van der Waals surface area contributed by atoms with Crippen LogP contribution < -0.4 is 5.32 Å². The van der Waals surface area contributed by atoms with E-state index in [9.17, 15) is 9.59 Å². The number of carboxylic acid groups (broad SMARTS) is 1. The smallest absolute Gasteiger partial charge is 0.315 e. The summed E-state index contributed by atoms with van der Waals surface area (Å²) in [4.78, 5) is 21.4. The minimum absolute atomic E-state index is 0.409. The Bertz CT molecular complexity index is 184. The molecule has 0 aromatic carbocycles. The van der Waals surface area contributed by atoms with Gasteiger partial charge in [0.25, 0.3) is 0 Å². The number of hydrogen-bond acceptors (Lipinski definition) is 3. The van der Waals surface area contributed by atoms with Gasteiger partial charge in [-0.15, -0.1) is 0 Å². The summed E-state index contributed by atoms with van der Waals surface area (Å²) >= 11 is 1.70. The minimum Gasteiger partial charge on any atom is -0.481 e. The lowest BCUT2D eigenvalue weighted by molar-refractivity contribution is -0.146. The van der Waals surface area contributed by atoms with E-state index in [-0.39, 0.29) is 0 Å². The van der Waals surface area contributed by atoms with E-state index in [1.807, 2.05) is 6.26 Å². The van der Waals surface area contributed by atoms with E-state index in [4.69, 9.17) is 5.11 Å². The predicted molar refractivity (Wildman–Crippen MR) is 52.8 cm³/mol. The molecule has 0 aliphatic carbocycles. The van der Waals surface area contributed by atoms with Gasteiger partial charge in [-0.05, 0) is 25.4 Å². The van der Waals surface area contributed by atoms with Gasteiger partial charge in [0.05, 0.1) is 0 Å². The fourth-order valence-corrected chi connectivity index (χ4v) is 1.13. The Balaban J connectivity index is 3.56. The Morgan fingerprint density at radius 1 is 1.54 bits per heavy atom. The molecular weight excluding hydrogens is 190 g/mol. The molecule has 0 aromatic rings. The highest BCUT2D eigenvalue weighted by atomic mass is 32.2. The van der Waals surface area contributed by atoms with E-state index < -0.39 is 17.8 Å². The second kappa shape index (κ2) is 6.77. The molecule has 2 N–H and O–H groups in total. The Morgan fingerprint density at radius 3 is 2.62 bits per heavy atom. The molecule has 76 valence electrons. The highest BCUT2D eigenvalue weighted by Crippen LogP contribution is 1.96. The third-order valence-electron chi connectivity index (χ3n) is 1.59. The van der Waals surface area contributed by atoms with Crippen LogP contribution in [0.3, 0.4) is 0 Å². The van der Waals surface area contributed by atoms with Crippen molar-refractivity contribution in [1.29, 1.82) is 0 Å². The van der Waals surface area contributed by atoms with Crippen LogP contribution in [0.1, 0.15) is 13.3 Å². The summed E-state index contributed by atoms with van der Waals surface area (Å²) < 4.78 is 0. The molecule has 0 fully saturated rings. The maximum atomic E-state index is 11.0. The third-order valence-corrected chi connectivity index (χ3v) is 2.29. The molecule has 0 aliphatic rings. The molecule has 13 heavy (non-hydrogen) atoms. The first-order valence-electron chi connectivity index (χ1n) is 4.09. The van der Waals surface area contributed by atoms with Crippen molar-refractivity contribution in [2.24, 2.45) is 5.92 Å².